The molecule has 2 rings (SSSR count). The largest absolute Gasteiger partial charge is 0.384 e. The predicted octanol–water partition coefficient (Wildman–Crippen LogP) is -0.174. The molecular formula is C15H20N6O4S. The maximum atomic E-state index is 12.5. The first-order valence-corrected chi connectivity index (χ1v) is 8.67. The van der Waals surface area contributed by atoms with Crippen LogP contribution >= 0.6 is 11.8 Å². The summed E-state index contributed by atoms with van der Waals surface area (Å²) < 4.78 is 7.80. The molecule has 10 nitrogen and oxygen atoms in total. The topological polar surface area (TPSA) is 138 Å². The third-order valence-electron chi connectivity index (χ3n) is 3.58. The number of ketones is 1. The number of nitrogens with two attached hydrogens (primary N) is 1. The van der Waals surface area contributed by atoms with Crippen molar-refractivity contribution in [3.8, 4) is 0 Å². The number of H-pyrrole nitrogens is 1. The lowest BCUT2D eigenvalue weighted by atomic mass is 10.2. The van der Waals surface area contributed by atoms with Gasteiger partial charge >= 0.3 is 5.69 Å². The van der Waals surface area contributed by atoms with Gasteiger partial charge in [-0.1, -0.05) is 17.8 Å². The van der Waals surface area contributed by atoms with Crippen molar-refractivity contribution < 1.29 is 9.53 Å². The number of rotatable bonds is 9. The van der Waals surface area contributed by atoms with Crippen LogP contribution in [0, 0.1) is 6.92 Å². The molecule has 0 aliphatic rings. The van der Waals surface area contributed by atoms with Crippen molar-refractivity contribution in [2.24, 2.45) is 0 Å². The molecule has 0 fully saturated rings. The van der Waals surface area contributed by atoms with Gasteiger partial charge in [0.05, 0.1) is 18.9 Å². The average Bonchev–Trinajstić information content (AvgIpc) is 2.93. The zero-order chi connectivity index (χ0) is 19.3. The van der Waals surface area contributed by atoms with E-state index in [0.29, 0.717) is 17.5 Å². The molecule has 3 N–H and O–H groups in total. The fraction of sp³-hybridized carbons (Fsp3) is 0.400. The van der Waals surface area contributed by atoms with Gasteiger partial charge < -0.3 is 15.0 Å². The highest BCUT2D eigenvalue weighted by Gasteiger charge is 2.20. The molecule has 0 saturated carbocycles. The summed E-state index contributed by atoms with van der Waals surface area (Å²) in [4.78, 5) is 38.6. The van der Waals surface area contributed by atoms with E-state index in [1.165, 1.54) is 7.11 Å². The normalized spacial score (nSPS) is 10.8. The molecule has 0 atom stereocenters. The number of hydrogen-bond donors (Lipinski definition) is 2. The number of Topliss-reactive ketones (excluding diaryl/α,β-unsaturated/α-hetero) is 1. The minimum absolute atomic E-state index is 0.0783. The third kappa shape index (κ3) is 4.11. The van der Waals surface area contributed by atoms with Gasteiger partial charge in [0.25, 0.3) is 5.56 Å². The van der Waals surface area contributed by atoms with Crippen LogP contribution in [0.2, 0.25) is 0 Å². The van der Waals surface area contributed by atoms with Crippen molar-refractivity contribution in [3.63, 3.8) is 0 Å². The summed E-state index contributed by atoms with van der Waals surface area (Å²) in [5.74, 6) is -0.0772. The smallest absolute Gasteiger partial charge is 0.330 e. The zero-order valence-electron chi connectivity index (χ0n) is 14.5. The van der Waals surface area contributed by atoms with Gasteiger partial charge in [0.2, 0.25) is 0 Å². The summed E-state index contributed by atoms with van der Waals surface area (Å²) in [5, 5.41) is 8.49. The molecule has 0 aromatic carbocycles. The van der Waals surface area contributed by atoms with Crippen molar-refractivity contribution in [2.45, 2.75) is 25.2 Å². The summed E-state index contributed by atoms with van der Waals surface area (Å²) in [5.41, 5.74) is 4.14. The molecule has 0 spiro atoms. The number of allylic oxidation sites excluding steroid dienone is 1. The van der Waals surface area contributed by atoms with Crippen molar-refractivity contribution in [3.05, 3.63) is 44.9 Å². The number of nitrogen functional groups attached to an aromatic ring is 1. The second kappa shape index (κ2) is 8.63. The van der Waals surface area contributed by atoms with E-state index in [-0.39, 0.29) is 30.3 Å². The fourth-order valence-electron chi connectivity index (χ4n) is 2.27. The molecule has 26 heavy (non-hydrogen) atoms. The predicted molar refractivity (Wildman–Crippen MR) is 97.6 cm³/mol. The highest BCUT2D eigenvalue weighted by Crippen LogP contribution is 2.19. The van der Waals surface area contributed by atoms with Gasteiger partial charge in [-0.3, -0.25) is 19.1 Å². The SMILES string of the molecule is C=CCn1c(C)nnc1SCC(=O)c1c(N)n(CCOC)c(=O)[nH]c1=O. The van der Waals surface area contributed by atoms with E-state index in [4.69, 9.17) is 10.5 Å². The van der Waals surface area contributed by atoms with Crippen LogP contribution in [-0.2, 0) is 17.8 Å². The van der Waals surface area contributed by atoms with Crippen LogP contribution in [0.1, 0.15) is 16.2 Å². The van der Waals surface area contributed by atoms with Crippen LogP contribution in [0.15, 0.2) is 27.4 Å². The number of nitrogens with zero attached hydrogens (tertiary/aromatic N) is 4. The average molecular weight is 380 g/mol. The van der Waals surface area contributed by atoms with E-state index in [2.05, 4.69) is 21.8 Å². The van der Waals surface area contributed by atoms with Crippen LogP contribution in [-0.4, -0.2) is 49.6 Å². The quantitative estimate of drug-likeness (QED) is 0.347. The van der Waals surface area contributed by atoms with Gasteiger partial charge in [0.1, 0.15) is 17.2 Å². The lowest BCUT2D eigenvalue weighted by Crippen LogP contribution is -2.37. The third-order valence-corrected chi connectivity index (χ3v) is 4.55. The molecule has 0 bridgehead atoms. The summed E-state index contributed by atoms with van der Waals surface area (Å²) in [6, 6.07) is 0. The van der Waals surface area contributed by atoms with Crippen molar-refractivity contribution in [1.29, 1.82) is 0 Å². The minimum atomic E-state index is -0.810. The van der Waals surface area contributed by atoms with Gasteiger partial charge in [-0.05, 0) is 6.92 Å². The Balaban J connectivity index is 2.26. The number of hydrogen-bond acceptors (Lipinski definition) is 8. The Morgan fingerprint density at radius 1 is 1.38 bits per heavy atom. The van der Waals surface area contributed by atoms with Gasteiger partial charge in [-0.2, -0.15) is 0 Å². The maximum Gasteiger partial charge on any atom is 0.330 e. The lowest BCUT2D eigenvalue weighted by Gasteiger charge is -2.11. The Bertz CT molecular complexity index is 929. The van der Waals surface area contributed by atoms with E-state index in [1.807, 2.05) is 0 Å². The molecule has 0 aliphatic carbocycles. The molecule has 2 aromatic rings. The number of anilines is 1. The first-order chi connectivity index (χ1) is 12.4. The number of methoxy groups -OCH3 is 1. The first kappa shape index (κ1) is 19.7. The number of thioether (sulfide) groups is 1. The molecule has 0 radical (unpaired) electrons. The molecule has 11 heteroatoms. The van der Waals surface area contributed by atoms with E-state index >= 15 is 0 Å². The highest BCUT2D eigenvalue weighted by atomic mass is 32.2. The number of aromatic nitrogens is 5. The Hall–Kier alpha value is -2.66. The van der Waals surface area contributed by atoms with E-state index in [0.717, 1.165) is 16.3 Å². The van der Waals surface area contributed by atoms with Crippen LogP contribution in [0.25, 0.3) is 0 Å². The van der Waals surface area contributed by atoms with E-state index < -0.39 is 17.0 Å². The summed E-state index contributed by atoms with van der Waals surface area (Å²) in [6.07, 6.45) is 1.69. The number of aryl methyl sites for hydroxylation is 1. The summed E-state index contributed by atoms with van der Waals surface area (Å²) in [7, 11) is 1.47. The summed E-state index contributed by atoms with van der Waals surface area (Å²) in [6.45, 7) is 6.29. The monoisotopic (exact) mass is 380 g/mol. The van der Waals surface area contributed by atoms with Gasteiger partial charge in [0.15, 0.2) is 10.9 Å². The van der Waals surface area contributed by atoms with E-state index in [1.54, 1.807) is 17.6 Å². The molecule has 0 saturated heterocycles. The van der Waals surface area contributed by atoms with Crippen LogP contribution in [0.4, 0.5) is 5.82 Å². The Labute approximate surface area is 153 Å². The van der Waals surface area contributed by atoms with Gasteiger partial charge in [-0.15, -0.1) is 16.8 Å². The molecule has 2 heterocycles. The van der Waals surface area contributed by atoms with Crippen LogP contribution in [0.5, 0.6) is 0 Å². The number of carbonyl (C=O) groups excluding carboxylic acids is 1. The summed E-state index contributed by atoms with van der Waals surface area (Å²) >= 11 is 1.13. The Kier molecular flexibility index (Phi) is 6.52. The standard InChI is InChI=1S/C15H20N6O4S/c1-4-5-20-9(2)18-19-15(20)26-8-10(22)11-12(16)21(6-7-25-3)14(24)17-13(11)23/h4H,1,5-8,16H2,2-3H3,(H,17,23,24). The Morgan fingerprint density at radius 3 is 2.77 bits per heavy atom. The van der Waals surface area contributed by atoms with Gasteiger partial charge in [0, 0.05) is 13.7 Å². The molecule has 2 aromatic heterocycles. The number of ether oxygens (including phenoxy) is 1. The first-order valence-electron chi connectivity index (χ1n) is 7.68. The molecule has 0 unspecified atom stereocenters. The lowest BCUT2D eigenvalue weighted by molar-refractivity contribution is 0.102. The molecule has 0 amide bonds. The van der Waals surface area contributed by atoms with Crippen LogP contribution in [0.3, 0.4) is 0 Å². The van der Waals surface area contributed by atoms with Crippen molar-refractivity contribution in [1.82, 2.24) is 24.3 Å². The Morgan fingerprint density at radius 2 is 2.12 bits per heavy atom. The number of nitrogens with one attached hydrogen (secondary N) is 1. The second-order valence-electron chi connectivity index (χ2n) is 5.30. The molecule has 140 valence electrons. The van der Waals surface area contributed by atoms with E-state index in [9.17, 15) is 14.4 Å². The maximum absolute atomic E-state index is 12.5. The zero-order valence-corrected chi connectivity index (χ0v) is 15.3. The van der Waals surface area contributed by atoms with Crippen molar-refractivity contribution in [2.75, 3.05) is 25.2 Å². The second-order valence-corrected chi connectivity index (χ2v) is 6.25. The van der Waals surface area contributed by atoms with Crippen molar-refractivity contribution >= 4 is 23.4 Å². The molecular weight excluding hydrogens is 360 g/mol. The minimum Gasteiger partial charge on any atom is -0.384 e. The molecule has 0 aliphatic heterocycles. The van der Waals surface area contributed by atoms with Crippen LogP contribution < -0.4 is 17.0 Å². The highest BCUT2D eigenvalue weighted by molar-refractivity contribution is 7.99. The number of carbonyl (C=O) groups is 1. The fourth-order valence-corrected chi connectivity index (χ4v) is 3.14. The number of aromatic amines is 1. The van der Waals surface area contributed by atoms with Gasteiger partial charge in [-0.25, -0.2) is 4.79 Å².